The molecule has 0 amide bonds. The lowest BCUT2D eigenvalue weighted by molar-refractivity contribution is 0.0702. The number of rotatable bonds is 5. The normalized spacial score (nSPS) is 13.3. The van der Waals surface area contributed by atoms with Crippen LogP contribution < -0.4 is 4.72 Å². The number of carbonyl (C=O) groups is 1. The van der Waals surface area contributed by atoms with Crippen LogP contribution in [0.4, 0.5) is 0 Å². The van der Waals surface area contributed by atoms with Gasteiger partial charge in [-0.2, -0.15) is 11.3 Å². The topological polar surface area (TPSA) is 83.5 Å². The fourth-order valence-electron chi connectivity index (χ4n) is 1.53. The summed E-state index contributed by atoms with van der Waals surface area (Å²) < 4.78 is 27.3. The molecule has 0 saturated carbocycles. The van der Waals surface area contributed by atoms with E-state index in [1.165, 1.54) is 11.3 Å². The Kier molecular flexibility index (Phi) is 4.65. The van der Waals surface area contributed by atoms with Crippen LogP contribution in [0.5, 0.6) is 0 Å². The minimum absolute atomic E-state index is 0.0274. The number of thiophene rings is 2. The summed E-state index contributed by atoms with van der Waals surface area (Å²) in [5, 5.41) is 12.6. The number of hydrogen-bond acceptors (Lipinski definition) is 5. The molecule has 1 atom stereocenters. The molecule has 2 aromatic rings. The second-order valence-electron chi connectivity index (χ2n) is 3.95. The van der Waals surface area contributed by atoms with E-state index in [1.807, 2.05) is 16.8 Å². The van der Waals surface area contributed by atoms with Crippen LogP contribution in [0.25, 0.3) is 0 Å². The first-order valence-electron chi connectivity index (χ1n) is 5.38. The van der Waals surface area contributed by atoms with E-state index >= 15 is 0 Å². The van der Waals surface area contributed by atoms with Gasteiger partial charge in [-0.25, -0.2) is 17.9 Å². The van der Waals surface area contributed by atoms with E-state index in [0.717, 1.165) is 23.0 Å². The van der Waals surface area contributed by atoms with Gasteiger partial charge < -0.3 is 5.11 Å². The Balaban J connectivity index is 2.29. The maximum absolute atomic E-state index is 12.3. The minimum Gasteiger partial charge on any atom is -0.477 e. The molecule has 5 nitrogen and oxygen atoms in total. The van der Waals surface area contributed by atoms with E-state index in [0.29, 0.717) is 0 Å². The third-order valence-corrected chi connectivity index (χ3v) is 7.01. The molecule has 0 radical (unpaired) electrons. The maximum Gasteiger partial charge on any atom is 0.345 e. The number of hydrogen-bond donors (Lipinski definition) is 2. The van der Waals surface area contributed by atoms with Crippen molar-refractivity contribution >= 4 is 54.6 Å². The van der Waals surface area contributed by atoms with Crippen molar-refractivity contribution in [1.29, 1.82) is 0 Å². The van der Waals surface area contributed by atoms with Gasteiger partial charge in [0.1, 0.15) is 9.77 Å². The Morgan fingerprint density at radius 1 is 1.50 bits per heavy atom. The first-order chi connectivity index (χ1) is 9.31. The van der Waals surface area contributed by atoms with Crippen molar-refractivity contribution in [2.24, 2.45) is 0 Å². The molecular formula is C11H10BrNO4S3. The average Bonchev–Trinajstić information content (AvgIpc) is 2.96. The highest BCUT2D eigenvalue weighted by atomic mass is 79.9. The van der Waals surface area contributed by atoms with Crippen LogP contribution in [0, 0.1) is 0 Å². The Morgan fingerprint density at radius 2 is 2.20 bits per heavy atom. The Hall–Kier alpha value is -0.740. The van der Waals surface area contributed by atoms with Gasteiger partial charge in [-0.15, -0.1) is 11.3 Å². The van der Waals surface area contributed by atoms with E-state index in [1.54, 1.807) is 6.92 Å². The Morgan fingerprint density at radius 3 is 2.70 bits per heavy atom. The minimum atomic E-state index is -3.77. The van der Waals surface area contributed by atoms with Gasteiger partial charge in [-0.3, -0.25) is 0 Å². The van der Waals surface area contributed by atoms with Crippen molar-refractivity contribution in [2.45, 2.75) is 17.9 Å². The lowest BCUT2D eigenvalue weighted by Gasteiger charge is -2.12. The molecule has 0 saturated heterocycles. The molecule has 0 spiro atoms. The molecule has 2 N–H and O–H groups in total. The van der Waals surface area contributed by atoms with E-state index in [2.05, 4.69) is 20.7 Å². The van der Waals surface area contributed by atoms with Gasteiger partial charge in [0.2, 0.25) is 10.0 Å². The molecule has 108 valence electrons. The highest BCUT2D eigenvalue weighted by Crippen LogP contribution is 2.32. The van der Waals surface area contributed by atoms with Crippen LogP contribution >= 0.6 is 38.6 Å². The molecule has 20 heavy (non-hydrogen) atoms. The summed E-state index contributed by atoms with van der Waals surface area (Å²) >= 11 is 5.45. The molecule has 0 aliphatic heterocycles. The fourth-order valence-corrected chi connectivity index (χ4v) is 5.92. The van der Waals surface area contributed by atoms with Crippen molar-refractivity contribution in [2.75, 3.05) is 0 Å². The largest absolute Gasteiger partial charge is 0.477 e. The van der Waals surface area contributed by atoms with Gasteiger partial charge >= 0.3 is 5.97 Å². The van der Waals surface area contributed by atoms with Gasteiger partial charge in [0.05, 0.1) is 3.79 Å². The van der Waals surface area contributed by atoms with E-state index in [9.17, 15) is 13.2 Å². The zero-order valence-corrected chi connectivity index (χ0v) is 14.2. The average molecular weight is 396 g/mol. The van der Waals surface area contributed by atoms with Gasteiger partial charge in [0.25, 0.3) is 0 Å². The molecule has 1 unspecified atom stereocenters. The lowest BCUT2D eigenvalue weighted by Crippen LogP contribution is -2.26. The molecule has 0 aromatic carbocycles. The van der Waals surface area contributed by atoms with Crippen molar-refractivity contribution in [3.8, 4) is 0 Å². The molecule has 0 fully saturated rings. The molecule has 9 heteroatoms. The highest BCUT2D eigenvalue weighted by Gasteiger charge is 2.25. The smallest absolute Gasteiger partial charge is 0.345 e. The molecular weight excluding hydrogens is 386 g/mol. The lowest BCUT2D eigenvalue weighted by atomic mass is 10.2. The first kappa shape index (κ1) is 15.6. The van der Waals surface area contributed by atoms with Gasteiger partial charge in [0, 0.05) is 6.04 Å². The summed E-state index contributed by atoms with van der Waals surface area (Å²) in [7, 11) is -3.77. The molecule has 0 aliphatic rings. The van der Waals surface area contributed by atoms with Gasteiger partial charge in [-0.1, -0.05) is 0 Å². The van der Waals surface area contributed by atoms with Crippen LogP contribution in [0.1, 0.15) is 28.2 Å². The standard InChI is InChI=1S/C11H10BrNO4S3/c1-6(7-2-3-18-5-7)13-20(16,17)9-4-8(11(14)15)19-10(9)12/h2-6,13H,1H3,(H,14,15). The summed E-state index contributed by atoms with van der Waals surface area (Å²) in [6.07, 6.45) is 0. The van der Waals surface area contributed by atoms with Gasteiger partial charge in [-0.05, 0) is 51.3 Å². The summed E-state index contributed by atoms with van der Waals surface area (Å²) in [6.45, 7) is 1.73. The predicted octanol–water partition coefficient (Wildman–Crippen LogP) is 3.31. The maximum atomic E-state index is 12.3. The summed E-state index contributed by atoms with van der Waals surface area (Å²) in [5.74, 6) is -1.15. The first-order valence-corrected chi connectivity index (χ1v) is 9.42. The van der Waals surface area contributed by atoms with Crippen LogP contribution in [-0.4, -0.2) is 19.5 Å². The van der Waals surface area contributed by atoms with Gasteiger partial charge in [0.15, 0.2) is 0 Å². The summed E-state index contributed by atoms with van der Waals surface area (Å²) in [4.78, 5) is 10.8. The SMILES string of the molecule is CC(NS(=O)(=O)c1cc(C(=O)O)sc1Br)c1ccsc1. The Labute approximate surface area is 132 Å². The van der Waals surface area contributed by atoms with Crippen molar-refractivity contribution in [3.63, 3.8) is 0 Å². The summed E-state index contributed by atoms with van der Waals surface area (Å²) in [5.41, 5.74) is 0.864. The molecule has 0 bridgehead atoms. The van der Waals surface area contributed by atoms with E-state index < -0.39 is 16.0 Å². The van der Waals surface area contributed by atoms with Crippen molar-refractivity contribution in [1.82, 2.24) is 4.72 Å². The van der Waals surface area contributed by atoms with Crippen molar-refractivity contribution in [3.05, 3.63) is 37.1 Å². The second kappa shape index (κ2) is 5.94. The number of carboxylic acid groups (broad SMARTS) is 1. The zero-order chi connectivity index (χ0) is 14.9. The fraction of sp³-hybridized carbons (Fsp3) is 0.182. The van der Waals surface area contributed by atoms with E-state index in [-0.39, 0.29) is 19.6 Å². The number of halogens is 1. The molecule has 0 aliphatic carbocycles. The number of aromatic carboxylic acids is 1. The predicted molar refractivity (Wildman–Crippen MR) is 82.0 cm³/mol. The summed E-state index contributed by atoms with van der Waals surface area (Å²) in [6, 6.07) is 2.61. The van der Waals surface area contributed by atoms with Crippen LogP contribution in [-0.2, 0) is 10.0 Å². The zero-order valence-electron chi connectivity index (χ0n) is 10.2. The third kappa shape index (κ3) is 3.29. The quantitative estimate of drug-likeness (QED) is 0.812. The molecule has 2 rings (SSSR count). The van der Waals surface area contributed by atoms with Crippen LogP contribution in [0.15, 0.2) is 31.6 Å². The highest BCUT2D eigenvalue weighted by molar-refractivity contribution is 9.11. The second-order valence-corrected chi connectivity index (χ2v) is 8.79. The van der Waals surface area contributed by atoms with E-state index in [4.69, 9.17) is 5.11 Å². The number of carboxylic acids is 1. The molecule has 2 heterocycles. The van der Waals surface area contributed by atoms with Crippen molar-refractivity contribution < 1.29 is 18.3 Å². The monoisotopic (exact) mass is 395 g/mol. The number of nitrogens with one attached hydrogen (secondary N) is 1. The molecule has 2 aromatic heterocycles. The van der Waals surface area contributed by atoms with Crippen LogP contribution in [0.2, 0.25) is 0 Å². The third-order valence-electron chi connectivity index (χ3n) is 2.53. The van der Waals surface area contributed by atoms with Crippen LogP contribution in [0.3, 0.4) is 0 Å². The number of sulfonamides is 1. The Bertz CT molecular complexity index is 721.